The lowest BCUT2D eigenvalue weighted by Gasteiger charge is -2.25. The third-order valence-corrected chi connectivity index (χ3v) is 4.90. The topological polar surface area (TPSA) is 78.0 Å². The number of hydrogen-bond acceptors (Lipinski definition) is 4. The first-order valence-corrected chi connectivity index (χ1v) is 8.83. The summed E-state index contributed by atoms with van der Waals surface area (Å²) in [6, 6.07) is 7.88. The van der Waals surface area contributed by atoms with Crippen LogP contribution in [0.3, 0.4) is 0 Å². The van der Waals surface area contributed by atoms with Crippen LogP contribution in [0, 0.1) is 5.41 Å². The Morgan fingerprint density at radius 2 is 2.09 bits per heavy atom. The molecule has 1 amide bonds. The predicted molar refractivity (Wildman–Crippen MR) is 95.4 cm³/mol. The monoisotopic (exact) mass is 335 g/mol. The van der Waals surface area contributed by atoms with Gasteiger partial charge in [0, 0.05) is 6.54 Å². The highest BCUT2D eigenvalue weighted by molar-refractivity contribution is 8.00. The molecule has 0 spiro atoms. The molecule has 23 heavy (non-hydrogen) atoms. The molecule has 1 aromatic carbocycles. The highest BCUT2D eigenvalue weighted by atomic mass is 32.2. The predicted octanol–water partition coefficient (Wildman–Crippen LogP) is 2.88. The normalized spacial score (nSPS) is 14.7. The van der Waals surface area contributed by atoms with Gasteiger partial charge in [0.1, 0.15) is 5.82 Å². The number of hydrogen-bond donors (Lipinski definition) is 3. The largest absolute Gasteiger partial charge is 0.391 e. The first kappa shape index (κ1) is 17.8. The fourth-order valence-electron chi connectivity index (χ4n) is 2.01. The van der Waals surface area contributed by atoms with E-state index in [0.717, 1.165) is 16.9 Å². The van der Waals surface area contributed by atoms with Crippen LogP contribution >= 0.6 is 11.8 Å². The molecule has 0 aliphatic carbocycles. The summed E-state index contributed by atoms with van der Waals surface area (Å²) in [6.45, 7) is 8.15. The number of aromatic nitrogens is 2. The van der Waals surface area contributed by atoms with Crippen LogP contribution in [0.1, 0.15) is 38.8 Å². The molecule has 0 bridgehead atoms. The van der Waals surface area contributed by atoms with Gasteiger partial charge in [-0.15, -0.1) is 11.8 Å². The van der Waals surface area contributed by atoms with E-state index in [1.807, 2.05) is 52.0 Å². The number of H-pyrrole nitrogens is 1. The van der Waals surface area contributed by atoms with Crippen LogP contribution < -0.4 is 5.32 Å². The Hall–Kier alpha value is -1.53. The summed E-state index contributed by atoms with van der Waals surface area (Å²) in [7, 11) is 0. The molecule has 1 heterocycles. The number of thioether (sulfide) groups is 1. The van der Waals surface area contributed by atoms with Crippen molar-refractivity contribution in [1.82, 2.24) is 15.3 Å². The average molecular weight is 335 g/mol. The summed E-state index contributed by atoms with van der Waals surface area (Å²) >= 11 is 1.52. The van der Waals surface area contributed by atoms with Crippen LogP contribution in [0.4, 0.5) is 0 Å². The molecule has 2 atom stereocenters. The van der Waals surface area contributed by atoms with Crippen LogP contribution in [-0.4, -0.2) is 39.4 Å². The lowest BCUT2D eigenvalue weighted by atomic mass is 9.89. The number of carbonyl (C=O) groups is 1. The number of para-hydroxylation sites is 2. The van der Waals surface area contributed by atoms with Crippen molar-refractivity contribution in [2.24, 2.45) is 5.41 Å². The van der Waals surface area contributed by atoms with Gasteiger partial charge >= 0.3 is 0 Å². The zero-order valence-electron chi connectivity index (χ0n) is 14.1. The molecule has 0 aliphatic heterocycles. The number of benzene rings is 1. The summed E-state index contributed by atoms with van der Waals surface area (Å²) in [4.78, 5) is 19.7. The van der Waals surface area contributed by atoms with Crippen LogP contribution in [-0.2, 0) is 4.79 Å². The van der Waals surface area contributed by atoms with Crippen molar-refractivity contribution in [3.63, 3.8) is 0 Å². The van der Waals surface area contributed by atoms with Gasteiger partial charge in [-0.05, 0) is 24.5 Å². The maximum absolute atomic E-state index is 11.9. The van der Waals surface area contributed by atoms with E-state index in [4.69, 9.17) is 0 Å². The smallest absolute Gasteiger partial charge is 0.230 e. The molecule has 0 saturated heterocycles. The Balaban J connectivity index is 1.82. The summed E-state index contributed by atoms with van der Waals surface area (Å²) in [5.41, 5.74) is 1.71. The van der Waals surface area contributed by atoms with Crippen molar-refractivity contribution in [2.75, 3.05) is 12.3 Å². The van der Waals surface area contributed by atoms with Crippen molar-refractivity contribution in [3.8, 4) is 0 Å². The molecule has 0 aliphatic rings. The fraction of sp³-hybridized carbons (Fsp3) is 0.529. The molecule has 2 rings (SSSR count). The van der Waals surface area contributed by atoms with Crippen molar-refractivity contribution < 1.29 is 9.90 Å². The Morgan fingerprint density at radius 1 is 1.39 bits per heavy atom. The fourth-order valence-corrected chi connectivity index (χ4v) is 2.79. The molecule has 2 aromatic rings. The highest BCUT2D eigenvalue weighted by Crippen LogP contribution is 2.27. The van der Waals surface area contributed by atoms with Crippen LogP contribution in [0.25, 0.3) is 11.0 Å². The summed E-state index contributed by atoms with van der Waals surface area (Å²) < 4.78 is 0. The minimum atomic E-state index is -0.552. The minimum absolute atomic E-state index is 0.0683. The second-order valence-electron chi connectivity index (χ2n) is 6.78. The number of aliphatic hydroxyl groups is 1. The molecule has 1 aromatic heterocycles. The van der Waals surface area contributed by atoms with E-state index in [9.17, 15) is 9.90 Å². The molecule has 126 valence electrons. The SMILES string of the molecule is CC(SCC(=O)NCC(O)C(C)(C)C)c1nc2ccccc2[nH]1. The standard InChI is InChI=1S/C17H25N3O2S/c1-11(16-19-12-7-5-6-8-13(12)20-16)23-10-15(22)18-9-14(21)17(2,3)4/h5-8,11,14,21H,9-10H2,1-4H3,(H,18,22)(H,19,20). The van der Waals surface area contributed by atoms with E-state index in [0.29, 0.717) is 5.75 Å². The van der Waals surface area contributed by atoms with Crippen LogP contribution in [0.15, 0.2) is 24.3 Å². The maximum Gasteiger partial charge on any atom is 0.230 e. The van der Waals surface area contributed by atoms with E-state index >= 15 is 0 Å². The number of aliphatic hydroxyl groups excluding tert-OH is 1. The second-order valence-corrected chi connectivity index (χ2v) is 8.11. The number of carbonyl (C=O) groups excluding carboxylic acids is 1. The lowest BCUT2D eigenvalue weighted by molar-refractivity contribution is -0.119. The molecule has 0 fully saturated rings. The van der Waals surface area contributed by atoms with Crippen molar-refractivity contribution in [1.29, 1.82) is 0 Å². The quantitative estimate of drug-likeness (QED) is 0.758. The number of nitrogens with one attached hydrogen (secondary N) is 2. The zero-order chi connectivity index (χ0) is 17.0. The number of rotatable bonds is 6. The molecular weight excluding hydrogens is 310 g/mol. The Kier molecular flexibility index (Phi) is 5.70. The third-order valence-electron chi connectivity index (χ3n) is 3.75. The first-order valence-electron chi connectivity index (χ1n) is 7.78. The van der Waals surface area contributed by atoms with Crippen molar-refractivity contribution >= 4 is 28.7 Å². The van der Waals surface area contributed by atoms with Gasteiger partial charge in [0.25, 0.3) is 0 Å². The number of amides is 1. The van der Waals surface area contributed by atoms with Gasteiger partial charge in [0.15, 0.2) is 0 Å². The molecule has 5 nitrogen and oxygen atoms in total. The van der Waals surface area contributed by atoms with E-state index in [1.165, 1.54) is 11.8 Å². The number of aromatic amines is 1. The Labute approximate surface area is 141 Å². The van der Waals surface area contributed by atoms with Gasteiger partial charge in [0.05, 0.1) is 28.1 Å². The molecule has 0 radical (unpaired) electrons. The number of nitrogens with zero attached hydrogens (tertiary/aromatic N) is 1. The zero-order valence-corrected chi connectivity index (χ0v) is 14.9. The maximum atomic E-state index is 11.9. The summed E-state index contributed by atoms with van der Waals surface area (Å²) in [5.74, 6) is 1.15. The highest BCUT2D eigenvalue weighted by Gasteiger charge is 2.22. The van der Waals surface area contributed by atoms with E-state index < -0.39 is 6.10 Å². The van der Waals surface area contributed by atoms with Gasteiger partial charge in [-0.2, -0.15) is 0 Å². The summed E-state index contributed by atoms with van der Waals surface area (Å²) in [5, 5.41) is 12.8. The van der Waals surface area contributed by atoms with Gasteiger partial charge < -0.3 is 15.4 Å². The molecular formula is C17H25N3O2S. The Morgan fingerprint density at radius 3 is 2.74 bits per heavy atom. The van der Waals surface area contributed by atoms with E-state index in [1.54, 1.807) is 0 Å². The third kappa shape index (κ3) is 4.97. The number of imidazole rings is 1. The van der Waals surface area contributed by atoms with Crippen molar-refractivity contribution in [2.45, 2.75) is 39.0 Å². The minimum Gasteiger partial charge on any atom is -0.391 e. The molecule has 3 N–H and O–H groups in total. The summed E-state index contributed by atoms with van der Waals surface area (Å²) in [6.07, 6.45) is -0.552. The van der Waals surface area contributed by atoms with E-state index in [-0.39, 0.29) is 23.1 Å². The molecule has 2 unspecified atom stereocenters. The number of fused-ring (bicyclic) bond motifs is 1. The van der Waals surface area contributed by atoms with Gasteiger partial charge in [-0.1, -0.05) is 32.9 Å². The van der Waals surface area contributed by atoms with Crippen molar-refractivity contribution in [3.05, 3.63) is 30.1 Å². The van der Waals surface area contributed by atoms with Crippen LogP contribution in [0.2, 0.25) is 0 Å². The van der Waals surface area contributed by atoms with Gasteiger partial charge in [0.2, 0.25) is 5.91 Å². The molecule has 0 saturated carbocycles. The average Bonchev–Trinajstić information content (AvgIpc) is 2.93. The Bertz CT molecular complexity index is 630. The van der Waals surface area contributed by atoms with E-state index in [2.05, 4.69) is 15.3 Å². The van der Waals surface area contributed by atoms with Crippen LogP contribution in [0.5, 0.6) is 0 Å². The van der Waals surface area contributed by atoms with Gasteiger partial charge in [-0.25, -0.2) is 4.98 Å². The lowest BCUT2D eigenvalue weighted by Crippen LogP contribution is -2.39. The molecule has 6 heteroatoms. The first-order chi connectivity index (χ1) is 10.8. The second kappa shape index (κ2) is 7.36. The van der Waals surface area contributed by atoms with Gasteiger partial charge in [-0.3, -0.25) is 4.79 Å².